The quantitative estimate of drug-likeness (QED) is 0.617. The van der Waals surface area contributed by atoms with Crippen LogP contribution in [0, 0.1) is 28.4 Å². The molecule has 6 nitrogen and oxygen atoms in total. The van der Waals surface area contributed by atoms with E-state index < -0.39 is 11.6 Å². The Hall–Kier alpha value is -3.05. The monoisotopic (exact) mass is 385 g/mol. The second-order valence-corrected chi connectivity index (χ2v) is 7.65. The van der Waals surface area contributed by atoms with E-state index in [-0.39, 0.29) is 35.1 Å². The normalized spacial score (nSPS) is 12.8. The number of anilines is 1. The summed E-state index contributed by atoms with van der Waals surface area (Å²) in [5.41, 5.74) is 0.882. The van der Waals surface area contributed by atoms with Crippen LogP contribution >= 0.6 is 0 Å². The molecule has 0 saturated heterocycles. The van der Waals surface area contributed by atoms with Gasteiger partial charge >= 0.3 is 0 Å². The number of aromatic nitrogens is 3. The van der Waals surface area contributed by atoms with Gasteiger partial charge in [-0.15, -0.1) is 0 Å². The molecule has 1 unspecified atom stereocenters. The van der Waals surface area contributed by atoms with Crippen LogP contribution in [0.5, 0.6) is 0 Å². The highest BCUT2D eigenvalue weighted by atomic mass is 19.1. The van der Waals surface area contributed by atoms with E-state index in [2.05, 4.69) is 20.3 Å². The fourth-order valence-corrected chi connectivity index (χ4v) is 3.07. The van der Waals surface area contributed by atoms with E-state index in [1.807, 2.05) is 26.8 Å². The van der Waals surface area contributed by atoms with Crippen molar-refractivity contribution in [1.29, 1.82) is 5.26 Å². The Morgan fingerprint density at radius 1 is 1.32 bits per heavy atom. The van der Waals surface area contributed by atoms with Gasteiger partial charge in [-0.05, 0) is 24.0 Å². The predicted octanol–water partition coefficient (Wildman–Crippen LogP) is 3.98. The lowest BCUT2D eigenvalue weighted by Crippen LogP contribution is -2.35. The zero-order valence-electron chi connectivity index (χ0n) is 15.8. The van der Waals surface area contributed by atoms with Gasteiger partial charge in [0.25, 0.3) is 0 Å². The Morgan fingerprint density at radius 2 is 2.07 bits per heavy atom. The van der Waals surface area contributed by atoms with Gasteiger partial charge in [0, 0.05) is 29.8 Å². The maximum absolute atomic E-state index is 14.6. The fourth-order valence-electron chi connectivity index (χ4n) is 3.07. The molecular weight excluding hydrogens is 364 g/mol. The fraction of sp³-hybridized carbons (Fsp3) is 0.350. The van der Waals surface area contributed by atoms with Gasteiger partial charge in [-0.2, -0.15) is 5.26 Å². The van der Waals surface area contributed by atoms with Crippen molar-refractivity contribution in [2.24, 2.45) is 5.41 Å². The van der Waals surface area contributed by atoms with E-state index in [0.717, 1.165) is 12.3 Å². The number of aliphatic hydroxyl groups excluding tert-OH is 1. The highest BCUT2D eigenvalue weighted by Gasteiger charge is 2.26. The average Bonchev–Trinajstić information content (AvgIpc) is 3.04. The third kappa shape index (κ3) is 3.80. The van der Waals surface area contributed by atoms with Gasteiger partial charge in [0.1, 0.15) is 17.5 Å². The molecule has 3 aromatic heterocycles. The van der Waals surface area contributed by atoms with E-state index in [0.29, 0.717) is 23.0 Å². The third-order valence-corrected chi connectivity index (χ3v) is 4.62. The van der Waals surface area contributed by atoms with Crippen molar-refractivity contribution in [3.63, 3.8) is 0 Å². The van der Waals surface area contributed by atoms with Crippen LogP contribution in [0.2, 0.25) is 0 Å². The van der Waals surface area contributed by atoms with Crippen molar-refractivity contribution in [2.45, 2.75) is 33.2 Å². The van der Waals surface area contributed by atoms with Crippen LogP contribution in [-0.2, 0) is 0 Å². The van der Waals surface area contributed by atoms with Gasteiger partial charge in [0.15, 0.2) is 11.6 Å². The molecule has 0 spiro atoms. The smallest absolute Gasteiger partial charge is 0.166 e. The minimum absolute atomic E-state index is 0.0268. The summed E-state index contributed by atoms with van der Waals surface area (Å²) in [6, 6.07) is 4.09. The van der Waals surface area contributed by atoms with E-state index in [1.54, 1.807) is 6.20 Å². The Morgan fingerprint density at radius 3 is 2.71 bits per heavy atom. The number of hydrogen-bond donors (Lipinski definition) is 3. The summed E-state index contributed by atoms with van der Waals surface area (Å²) in [5.74, 6) is -1.22. The predicted molar refractivity (Wildman–Crippen MR) is 103 cm³/mol. The molecule has 3 aromatic rings. The molecule has 0 amide bonds. The number of halogens is 2. The average molecular weight is 385 g/mol. The van der Waals surface area contributed by atoms with Crippen molar-refractivity contribution in [2.75, 3.05) is 11.9 Å². The number of pyridine rings is 2. The van der Waals surface area contributed by atoms with Crippen LogP contribution in [0.1, 0.15) is 32.8 Å². The van der Waals surface area contributed by atoms with Crippen molar-refractivity contribution in [3.05, 3.63) is 41.7 Å². The van der Waals surface area contributed by atoms with Gasteiger partial charge in [-0.25, -0.2) is 18.7 Å². The lowest BCUT2D eigenvalue weighted by molar-refractivity contribution is 0.234. The first-order valence-corrected chi connectivity index (χ1v) is 8.85. The minimum atomic E-state index is -0.670. The number of aliphatic hydroxyl groups is 1. The summed E-state index contributed by atoms with van der Waals surface area (Å²) < 4.78 is 28.3. The van der Waals surface area contributed by atoms with Crippen LogP contribution in [-0.4, -0.2) is 32.7 Å². The van der Waals surface area contributed by atoms with Gasteiger partial charge in [-0.1, -0.05) is 20.8 Å². The summed E-state index contributed by atoms with van der Waals surface area (Å²) in [6.45, 7) is 5.85. The van der Waals surface area contributed by atoms with E-state index >= 15 is 0 Å². The highest BCUT2D eigenvalue weighted by molar-refractivity contribution is 5.94. The summed E-state index contributed by atoms with van der Waals surface area (Å²) in [6.07, 6.45) is 3.06. The van der Waals surface area contributed by atoms with Gasteiger partial charge < -0.3 is 15.4 Å². The maximum Gasteiger partial charge on any atom is 0.166 e. The Kier molecular flexibility index (Phi) is 5.29. The molecule has 0 aliphatic heterocycles. The largest absolute Gasteiger partial charge is 0.396 e. The summed E-state index contributed by atoms with van der Waals surface area (Å²) in [7, 11) is 0. The first kappa shape index (κ1) is 19.7. The number of nitrogens with one attached hydrogen (secondary N) is 2. The molecule has 0 aromatic carbocycles. The summed E-state index contributed by atoms with van der Waals surface area (Å²) in [4.78, 5) is 11.2. The Bertz CT molecular complexity index is 1050. The van der Waals surface area contributed by atoms with E-state index in [9.17, 15) is 19.1 Å². The Labute approximate surface area is 161 Å². The zero-order chi connectivity index (χ0) is 20.5. The van der Waals surface area contributed by atoms with Crippen LogP contribution in [0.15, 0.2) is 24.5 Å². The van der Waals surface area contributed by atoms with Crippen molar-refractivity contribution >= 4 is 16.9 Å². The molecule has 0 fully saturated rings. The molecule has 3 N–H and O–H groups in total. The number of rotatable bonds is 5. The molecule has 8 heteroatoms. The molecule has 0 aliphatic rings. The maximum atomic E-state index is 14.6. The standard InChI is InChI=1S/C20H21F2N5O/c1-20(2,3)16(4-5-28)26-19-15(22)6-11(8-23)17(27-19)14-10-25-18-13(14)7-12(21)9-24-18/h6-7,9-10,16,28H,4-5H2,1-3H3,(H,24,25)(H,26,27). The first-order valence-electron chi connectivity index (χ1n) is 8.85. The third-order valence-electron chi connectivity index (χ3n) is 4.62. The van der Waals surface area contributed by atoms with Crippen LogP contribution in [0.4, 0.5) is 14.6 Å². The van der Waals surface area contributed by atoms with Crippen molar-refractivity contribution < 1.29 is 13.9 Å². The minimum Gasteiger partial charge on any atom is -0.396 e. The van der Waals surface area contributed by atoms with Gasteiger partial charge in [-0.3, -0.25) is 0 Å². The highest BCUT2D eigenvalue weighted by Crippen LogP contribution is 2.32. The lowest BCUT2D eigenvalue weighted by Gasteiger charge is -2.31. The van der Waals surface area contributed by atoms with Crippen molar-refractivity contribution in [3.8, 4) is 17.3 Å². The topological polar surface area (TPSA) is 97.6 Å². The molecule has 0 aliphatic carbocycles. The second kappa shape index (κ2) is 7.52. The summed E-state index contributed by atoms with van der Waals surface area (Å²) in [5, 5.41) is 22.3. The lowest BCUT2D eigenvalue weighted by atomic mass is 9.85. The van der Waals surface area contributed by atoms with Crippen molar-refractivity contribution in [1.82, 2.24) is 15.0 Å². The number of hydrogen-bond acceptors (Lipinski definition) is 5. The molecule has 146 valence electrons. The SMILES string of the molecule is CC(C)(C)C(CCO)Nc1nc(-c2c[nH]c3ncc(F)cc23)c(C#N)cc1F. The van der Waals surface area contributed by atoms with E-state index in [1.165, 1.54) is 6.07 Å². The molecule has 3 rings (SSSR count). The molecule has 0 bridgehead atoms. The van der Waals surface area contributed by atoms with E-state index in [4.69, 9.17) is 0 Å². The Balaban J connectivity index is 2.13. The number of fused-ring (bicyclic) bond motifs is 1. The zero-order valence-corrected chi connectivity index (χ0v) is 15.8. The molecule has 0 radical (unpaired) electrons. The molecule has 0 saturated carbocycles. The number of aromatic amines is 1. The van der Waals surface area contributed by atoms with Crippen LogP contribution in [0.25, 0.3) is 22.3 Å². The number of H-pyrrole nitrogens is 1. The van der Waals surface area contributed by atoms with Gasteiger partial charge in [0.2, 0.25) is 0 Å². The van der Waals surface area contributed by atoms with Crippen LogP contribution in [0.3, 0.4) is 0 Å². The molecule has 28 heavy (non-hydrogen) atoms. The molecule has 1 atom stereocenters. The second-order valence-electron chi connectivity index (χ2n) is 7.65. The van der Waals surface area contributed by atoms with Gasteiger partial charge in [0.05, 0.1) is 17.5 Å². The number of nitriles is 1. The van der Waals surface area contributed by atoms with Crippen LogP contribution < -0.4 is 5.32 Å². The molecule has 3 heterocycles. The number of nitrogens with zero attached hydrogens (tertiary/aromatic N) is 3. The first-order chi connectivity index (χ1) is 13.2. The molecular formula is C20H21F2N5O. The summed E-state index contributed by atoms with van der Waals surface area (Å²) >= 11 is 0.